The Morgan fingerprint density at radius 3 is 0.648 bits per heavy atom. The minimum absolute atomic E-state index is 1.24. The molecule has 248 valence electrons. The lowest BCUT2D eigenvalue weighted by Crippen LogP contribution is -1.90. The van der Waals surface area contributed by atoms with Crippen LogP contribution < -0.4 is 0 Å². The summed E-state index contributed by atoms with van der Waals surface area (Å²) >= 11 is 0. The van der Waals surface area contributed by atoms with Crippen LogP contribution in [-0.2, 0) is 0 Å². The molecular weight excluding hydrogens is 649 g/mol. The standard InChI is InChI=1S/C54H32/c1-3-17-39-35(13-1)37-15-5-9-21-43(37)51-29-33(25-27-47(39)51)49-31-53-46-24-12-8-20-42(46)50(32-54(53)45-23-11-7-19-41(45)49)34-26-28-48-40-18-4-2-14-36(40)38-16-6-10-22-44(38)52(48)30-34/h1-32H. The van der Waals surface area contributed by atoms with Gasteiger partial charge in [-0.2, -0.15) is 0 Å². The molecule has 0 aliphatic heterocycles. The van der Waals surface area contributed by atoms with Gasteiger partial charge in [-0.1, -0.05) is 170 Å². The lowest BCUT2D eigenvalue weighted by molar-refractivity contribution is 1.70. The van der Waals surface area contributed by atoms with E-state index in [4.69, 9.17) is 0 Å². The maximum Gasteiger partial charge on any atom is -0.00923 e. The maximum atomic E-state index is 2.45. The molecule has 0 nitrogen and oxygen atoms in total. The first-order chi connectivity index (χ1) is 26.8. The summed E-state index contributed by atoms with van der Waals surface area (Å²) < 4.78 is 0. The quantitative estimate of drug-likeness (QED) is 0.159. The number of hydrogen-bond acceptors (Lipinski definition) is 0. The zero-order valence-corrected chi connectivity index (χ0v) is 29.5. The highest BCUT2D eigenvalue weighted by Gasteiger charge is 2.17. The second kappa shape index (κ2) is 11.2. The van der Waals surface area contributed by atoms with E-state index in [1.807, 2.05) is 0 Å². The molecule has 0 heterocycles. The van der Waals surface area contributed by atoms with Crippen LogP contribution in [0.25, 0.3) is 119 Å². The van der Waals surface area contributed by atoms with Crippen LogP contribution in [0.3, 0.4) is 0 Å². The van der Waals surface area contributed by atoms with Crippen LogP contribution >= 0.6 is 0 Å². The summed E-state index contributed by atoms with van der Waals surface area (Å²) in [6.07, 6.45) is 0. The van der Waals surface area contributed by atoms with Gasteiger partial charge >= 0.3 is 0 Å². The van der Waals surface area contributed by atoms with E-state index in [2.05, 4.69) is 194 Å². The Hall–Kier alpha value is -7.02. The van der Waals surface area contributed by atoms with Crippen LogP contribution in [0.15, 0.2) is 194 Å². The van der Waals surface area contributed by atoms with E-state index >= 15 is 0 Å². The molecule has 0 spiro atoms. The summed E-state index contributed by atoms with van der Waals surface area (Å²) in [5, 5.41) is 23.2. The Morgan fingerprint density at radius 1 is 0.148 bits per heavy atom. The van der Waals surface area contributed by atoms with Gasteiger partial charge in [0.25, 0.3) is 0 Å². The van der Waals surface area contributed by atoms with E-state index in [0.717, 1.165) is 0 Å². The number of fused-ring (bicyclic) bond motifs is 17. The van der Waals surface area contributed by atoms with E-state index in [-0.39, 0.29) is 0 Å². The molecule has 0 aromatic heterocycles. The molecule has 0 atom stereocenters. The number of rotatable bonds is 2. The Labute approximate surface area is 312 Å². The molecule has 12 aromatic carbocycles. The highest BCUT2D eigenvalue weighted by molar-refractivity contribution is 6.29. The van der Waals surface area contributed by atoms with E-state index in [1.165, 1.54) is 119 Å². The number of benzene rings is 12. The molecule has 54 heavy (non-hydrogen) atoms. The fourth-order valence-corrected chi connectivity index (χ4v) is 9.58. The molecule has 0 saturated heterocycles. The van der Waals surface area contributed by atoms with E-state index in [1.54, 1.807) is 0 Å². The lowest BCUT2D eigenvalue weighted by Gasteiger charge is -2.17. The summed E-state index contributed by atoms with van der Waals surface area (Å²) in [6.45, 7) is 0. The monoisotopic (exact) mass is 680 g/mol. The second-order valence-electron chi connectivity index (χ2n) is 14.7. The Balaban J connectivity index is 1.14. The summed E-state index contributed by atoms with van der Waals surface area (Å²) in [4.78, 5) is 0. The Morgan fingerprint density at radius 2 is 0.352 bits per heavy atom. The van der Waals surface area contributed by atoms with Gasteiger partial charge in [-0.15, -0.1) is 0 Å². The predicted molar refractivity (Wildman–Crippen MR) is 235 cm³/mol. The van der Waals surface area contributed by atoms with Crippen LogP contribution in [0.2, 0.25) is 0 Å². The van der Waals surface area contributed by atoms with Gasteiger partial charge in [0.1, 0.15) is 0 Å². The minimum atomic E-state index is 1.24. The van der Waals surface area contributed by atoms with Crippen LogP contribution in [0, 0.1) is 0 Å². The van der Waals surface area contributed by atoms with Crippen molar-refractivity contribution >= 4 is 97.0 Å². The van der Waals surface area contributed by atoms with Crippen molar-refractivity contribution < 1.29 is 0 Å². The van der Waals surface area contributed by atoms with Crippen molar-refractivity contribution in [2.45, 2.75) is 0 Å². The molecule has 0 saturated carbocycles. The molecule has 0 unspecified atom stereocenters. The SMILES string of the molecule is c1ccc2c(c1)c(-c1ccc3c4ccccc4c4ccccc4c3c1)cc1c3ccccc3c(-c3ccc4c5ccccc5c5ccccc5c4c3)cc21. The van der Waals surface area contributed by atoms with Gasteiger partial charge in [0.05, 0.1) is 0 Å². The van der Waals surface area contributed by atoms with Crippen LogP contribution in [0.4, 0.5) is 0 Å². The molecule has 12 rings (SSSR count). The van der Waals surface area contributed by atoms with Crippen LogP contribution in [-0.4, -0.2) is 0 Å². The van der Waals surface area contributed by atoms with Crippen LogP contribution in [0.1, 0.15) is 0 Å². The smallest absolute Gasteiger partial charge is 0.00923 e. The van der Waals surface area contributed by atoms with Crippen molar-refractivity contribution in [1.29, 1.82) is 0 Å². The van der Waals surface area contributed by atoms with E-state index in [0.29, 0.717) is 0 Å². The van der Waals surface area contributed by atoms with E-state index in [9.17, 15) is 0 Å². The van der Waals surface area contributed by atoms with Crippen molar-refractivity contribution in [3.63, 3.8) is 0 Å². The maximum absolute atomic E-state index is 2.45. The van der Waals surface area contributed by atoms with Gasteiger partial charge in [-0.3, -0.25) is 0 Å². The highest BCUT2D eigenvalue weighted by atomic mass is 14.2. The molecule has 0 fully saturated rings. The zero-order valence-electron chi connectivity index (χ0n) is 29.5. The van der Waals surface area contributed by atoms with E-state index < -0.39 is 0 Å². The third-order valence-electron chi connectivity index (χ3n) is 12.0. The second-order valence-corrected chi connectivity index (χ2v) is 14.7. The largest absolute Gasteiger partial charge is 0.0616 e. The first-order valence-electron chi connectivity index (χ1n) is 18.8. The summed E-state index contributed by atoms with van der Waals surface area (Å²) in [5.41, 5.74) is 5.00. The van der Waals surface area contributed by atoms with Gasteiger partial charge in [0.15, 0.2) is 0 Å². The minimum Gasteiger partial charge on any atom is -0.0616 e. The average Bonchev–Trinajstić information content (AvgIpc) is 3.25. The first kappa shape index (κ1) is 29.5. The molecule has 0 aliphatic rings. The fourth-order valence-electron chi connectivity index (χ4n) is 9.58. The Kier molecular flexibility index (Phi) is 6.15. The molecule has 0 bridgehead atoms. The highest BCUT2D eigenvalue weighted by Crippen LogP contribution is 2.45. The number of hydrogen-bond donors (Lipinski definition) is 0. The molecular formula is C54H32. The lowest BCUT2D eigenvalue weighted by atomic mass is 9.86. The normalized spacial score (nSPS) is 12.1. The molecule has 12 aromatic rings. The average molecular weight is 681 g/mol. The van der Waals surface area contributed by atoms with Crippen molar-refractivity contribution in [3.05, 3.63) is 194 Å². The third-order valence-corrected chi connectivity index (χ3v) is 12.0. The molecule has 0 amide bonds. The van der Waals surface area contributed by atoms with Gasteiger partial charge < -0.3 is 0 Å². The Bertz CT molecular complexity index is 3240. The van der Waals surface area contributed by atoms with Gasteiger partial charge in [-0.25, -0.2) is 0 Å². The van der Waals surface area contributed by atoms with Crippen molar-refractivity contribution in [3.8, 4) is 22.3 Å². The third kappa shape index (κ3) is 4.14. The van der Waals surface area contributed by atoms with Crippen LogP contribution in [0.5, 0.6) is 0 Å². The van der Waals surface area contributed by atoms with Gasteiger partial charge in [-0.05, 0) is 143 Å². The molecule has 0 heteroatoms. The zero-order chi connectivity index (χ0) is 35.3. The summed E-state index contributed by atoms with van der Waals surface area (Å²) in [7, 11) is 0. The first-order valence-corrected chi connectivity index (χ1v) is 18.8. The van der Waals surface area contributed by atoms with Gasteiger partial charge in [0.2, 0.25) is 0 Å². The molecule has 0 N–H and O–H groups in total. The molecule has 0 radical (unpaired) electrons. The predicted octanol–water partition coefficient (Wildman–Crippen LogP) is 15.4. The molecule has 0 aliphatic carbocycles. The van der Waals surface area contributed by atoms with Gasteiger partial charge in [0, 0.05) is 0 Å². The fraction of sp³-hybridized carbons (Fsp3) is 0. The summed E-state index contributed by atoms with van der Waals surface area (Å²) in [6, 6.07) is 72.4. The van der Waals surface area contributed by atoms with Crippen molar-refractivity contribution in [1.82, 2.24) is 0 Å². The summed E-state index contributed by atoms with van der Waals surface area (Å²) in [5.74, 6) is 0. The van der Waals surface area contributed by atoms with Crippen molar-refractivity contribution in [2.24, 2.45) is 0 Å². The topological polar surface area (TPSA) is 0 Å². The van der Waals surface area contributed by atoms with Crippen molar-refractivity contribution in [2.75, 3.05) is 0 Å².